The molecule has 4 heteroatoms. The lowest BCUT2D eigenvalue weighted by molar-refractivity contribution is -0.116. The third-order valence-corrected chi connectivity index (χ3v) is 3.27. The Morgan fingerprint density at radius 1 is 1.32 bits per heavy atom. The lowest BCUT2D eigenvalue weighted by Gasteiger charge is -2.19. The van der Waals surface area contributed by atoms with Crippen LogP contribution in [-0.4, -0.2) is 17.9 Å². The van der Waals surface area contributed by atoms with E-state index < -0.39 is 0 Å². The Morgan fingerprint density at radius 3 is 2.53 bits per heavy atom. The third-order valence-electron chi connectivity index (χ3n) is 2.82. The summed E-state index contributed by atoms with van der Waals surface area (Å²) in [5.41, 5.74) is 3.21. The molecule has 0 fully saturated rings. The summed E-state index contributed by atoms with van der Waals surface area (Å²) in [6, 6.07) is 10.1. The molecule has 1 N–H and O–H groups in total. The number of hydrogen-bond acceptors (Lipinski definition) is 2. The maximum absolute atomic E-state index is 11.1. The molecular weight excluding hydrogens is 255 g/mol. The number of amides is 1. The van der Waals surface area contributed by atoms with Gasteiger partial charge in [-0.25, -0.2) is 0 Å². The monoisotopic (exact) mass is 276 g/mol. The topological polar surface area (TPSA) is 32.3 Å². The SMILES string of the molecule is CCN(C=O)/C(=C\C=C(/C)NP)Cc1ccccc1. The summed E-state index contributed by atoms with van der Waals surface area (Å²) in [6.45, 7) is 4.61. The molecule has 0 aromatic heterocycles. The Kier molecular flexibility index (Phi) is 6.91. The Labute approximate surface area is 117 Å². The van der Waals surface area contributed by atoms with Gasteiger partial charge in [0, 0.05) is 24.4 Å². The van der Waals surface area contributed by atoms with E-state index in [4.69, 9.17) is 0 Å². The van der Waals surface area contributed by atoms with Crippen LogP contribution in [0.3, 0.4) is 0 Å². The van der Waals surface area contributed by atoms with E-state index in [0.29, 0.717) is 6.54 Å². The van der Waals surface area contributed by atoms with Gasteiger partial charge in [0.2, 0.25) is 6.41 Å². The molecule has 0 aliphatic rings. The van der Waals surface area contributed by atoms with Crippen LogP contribution < -0.4 is 5.09 Å². The zero-order chi connectivity index (χ0) is 14.1. The van der Waals surface area contributed by atoms with Crippen LogP contribution in [0.25, 0.3) is 0 Å². The highest BCUT2D eigenvalue weighted by Crippen LogP contribution is 2.12. The van der Waals surface area contributed by atoms with Crippen molar-refractivity contribution in [2.24, 2.45) is 0 Å². The molecule has 1 rings (SSSR count). The number of nitrogens with one attached hydrogen (secondary N) is 1. The zero-order valence-electron chi connectivity index (χ0n) is 11.5. The van der Waals surface area contributed by atoms with Crippen molar-refractivity contribution in [2.45, 2.75) is 20.3 Å². The second-order valence-corrected chi connectivity index (χ2v) is 4.49. The molecule has 1 amide bonds. The van der Waals surface area contributed by atoms with Gasteiger partial charge in [-0.3, -0.25) is 4.79 Å². The van der Waals surface area contributed by atoms with E-state index in [2.05, 4.69) is 26.6 Å². The van der Waals surface area contributed by atoms with E-state index in [1.165, 1.54) is 5.56 Å². The summed E-state index contributed by atoms with van der Waals surface area (Å²) >= 11 is 0. The predicted molar refractivity (Wildman–Crippen MR) is 83.3 cm³/mol. The second kappa shape index (κ2) is 8.49. The summed E-state index contributed by atoms with van der Waals surface area (Å²) in [6.07, 6.45) is 5.58. The van der Waals surface area contributed by atoms with Crippen LogP contribution in [0, 0.1) is 0 Å². The van der Waals surface area contributed by atoms with Crippen molar-refractivity contribution in [1.29, 1.82) is 0 Å². The van der Waals surface area contributed by atoms with E-state index >= 15 is 0 Å². The fraction of sp³-hybridized carbons (Fsp3) is 0.267. The molecule has 102 valence electrons. The first kappa shape index (κ1) is 15.5. The van der Waals surface area contributed by atoms with Crippen LogP contribution in [0.4, 0.5) is 0 Å². The molecule has 0 radical (unpaired) electrons. The Hall–Kier alpha value is -1.60. The van der Waals surface area contributed by atoms with Crippen LogP contribution in [0.2, 0.25) is 0 Å². The lowest BCUT2D eigenvalue weighted by atomic mass is 10.1. The van der Waals surface area contributed by atoms with E-state index in [1.54, 1.807) is 4.90 Å². The van der Waals surface area contributed by atoms with Gasteiger partial charge < -0.3 is 9.99 Å². The predicted octanol–water partition coefficient (Wildman–Crippen LogP) is 2.87. The van der Waals surface area contributed by atoms with Crippen molar-refractivity contribution in [1.82, 2.24) is 9.99 Å². The molecule has 0 heterocycles. The van der Waals surface area contributed by atoms with Crippen molar-refractivity contribution < 1.29 is 4.79 Å². The molecule has 19 heavy (non-hydrogen) atoms. The van der Waals surface area contributed by atoms with E-state index in [9.17, 15) is 4.79 Å². The molecule has 1 atom stereocenters. The first-order chi connectivity index (χ1) is 9.21. The molecule has 1 aromatic rings. The number of rotatable bonds is 7. The maximum Gasteiger partial charge on any atom is 0.213 e. The third kappa shape index (κ3) is 5.27. The van der Waals surface area contributed by atoms with Crippen molar-refractivity contribution in [2.75, 3.05) is 6.54 Å². The van der Waals surface area contributed by atoms with Gasteiger partial charge in [-0.15, -0.1) is 0 Å². The van der Waals surface area contributed by atoms with Gasteiger partial charge in [-0.2, -0.15) is 0 Å². The van der Waals surface area contributed by atoms with Crippen LogP contribution in [0.1, 0.15) is 19.4 Å². The number of hydrogen-bond donors (Lipinski definition) is 1. The molecule has 0 aliphatic carbocycles. The summed E-state index contributed by atoms with van der Waals surface area (Å²) in [7, 11) is 2.46. The van der Waals surface area contributed by atoms with Crippen molar-refractivity contribution in [3.63, 3.8) is 0 Å². The molecule has 0 saturated heterocycles. The first-order valence-corrected chi connectivity index (χ1v) is 6.89. The van der Waals surface area contributed by atoms with Gasteiger partial charge in [0.1, 0.15) is 0 Å². The number of likely N-dealkylation sites (N-methyl/N-ethyl adjacent to an activating group) is 1. The molecule has 3 nitrogen and oxygen atoms in total. The van der Waals surface area contributed by atoms with E-state index in [1.807, 2.05) is 44.2 Å². The van der Waals surface area contributed by atoms with Crippen molar-refractivity contribution in [3.8, 4) is 0 Å². The molecule has 0 aliphatic heterocycles. The van der Waals surface area contributed by atoms with Crippen LogP contribution >= 0.6 is 9.39 Å². The fourth-order valence-corrected chi connectivity index (χ4v) is 1.77. The average Bonchev–Trinajstić information content (AvgIpc) is 2.46. The Bertz CT molecular complexity index is 454. The minimum Gasteiger partial charge on any atom is -0.373 e. The Balaban J connectivity index is 2.95. The van der Waals surface area contributed by atoms with Gasteiger partial charge >= 0.3 is 0 Å². The average molecular weight is 276 g/mol. The molecule has 0 bridgehead atoms. The highest BCUT2D eigenvalue weighted by molar-refractivity contribution is 7.14. The molecule has 0 spiro atoms. The maximum atomic E-state index is 11.1. The number of carbonyl (C=O) groups excluding carboxylic acids is 1. The minimum atomic E-state index is 0.670. The van der Waals surface area contributed by atoms with Gasteiger partial charge in [0.25, 0.3) is 0 Å². The standard InChI is InChI=1S/C15H21N2OP/c1-3-17(12-18)15(10-9-13(2)16-19)11-14-7-5-4-6-8-14/h4-10,12,16H,3,11,19H2,1-2H3/b13-9+,15-10-. The lowest BCUT2D eigenvalue weighted by Crippen LogP contribution is -2.22. The van der Waals surface area contributed by atoms with Crippen LogP contribution in [0.15, 0.2) is 53.9 Å². The zero-order valence-corrected chi connectivity index (χ0v) is 12.6. The Morgan fingerprint density at radius 2 is 2.00 bits per heavy atom. The summed E-state index contributed by atoms with van der Waals surface area (Å²) < 4.78 is 0. The summed E-state index contributed by atoms with van der Waals surface area (Å²) in [5, 5.41) is 2.99. The molecule has 0 saturated carbocycles. The number of nitrogens with zero attached hydrogens (tertiary/aromatic N) is 1. The van der Waals surface area contributed by atoms with Gasteiger partial charge in [-0.1, -0.05) is 30.3 Å². The van der Waals surface area contributed by atoms with Crippen LogP contribution in [0.5, 0.6) is 0 Å². The van der Waals surface area contributed by atoms with Gasteiger partial charge in [0.15, 0.2) is 0 Å². The first-order valence-electron chi connectivity index (χ1n) is 6.31. The second-order valence-electron chi connectivity index (χ2n) is 4.21. The van der Waals surface area contributed by atoms with Crippen molar-refractivity contribution in [3.05, 3.63) is 59.4 Å². The normalized spacial score (nSPS) is 12.2. The number of carbonyl (C=O) groups is 1. The summed E-state index contributed by atoms with van der Waals surface area (Å²) in [5.74, 6) is 0. The summed E-state index contributed by atoms with van der Waals surface area (Å²) in [4.78, 5) is 12.8. The molecule has 1 aromatic carbocycles. The number of allylic oxidation sites excluding steroid dienone is 4. The minimum absolute atomic E-state index is 0.670. The molecule has 1 unspecified atom stereocenters. The van der Waals surface area contributed by atoms with Crippen LogP contribution in [-0.2, 0) is 11.2 Å². The highest BCUT2D eigenvalue weighted by atomic mass is 31.0. The van der Waals surface area contributed by atoms with Gasteiger partial charge in [0.05, 0.1) is 0 Å². The van der Waals surface area contributed by atoms with E-state index in [-0.39, 0.29) is 0 Å². The van der Waals surface area contributed by atoms with E-state index in [0.717, 1.165) is 24.2 Å². The highest BCUT2D eigenvalue weighted by Gasteiger charge is 2.06. The largest absolute Gasteiger partial charge is 0.373 e. The smallest absolute Gasteiger partial charge is 0.213 e. The number of benzene rings is 1. The van der Waals surface area contributed by atoms with Gasteiger partial charge in [-0.05, 0) is 41.0 Å². The quantitative estimate of drug-likeness (QED) is 0.472. The molecular formula is C15H21N2OP. The van der Waals surface area contributed by atoms with Crippen molar-refractivity contribution >= 4 is 15.8 Å². The fourth-order valence-electron chi connectivity index (χ4n) is 1.68.